The van der Waals surface area contributed by atoms with Crippen molar-refractivity contribution in [2.75, 3.05) is 13.2 Å². The first kappa shape index (κ1) is 16.7. The maximum atomic E-state index is 11.0. The van der Waals surface area contributed by atoms with E-state index in [0.29, 0.717) is 25.0 Å². The Morgan fingerprint density at radius 2 is 1.91 bits per heavy atom. The van der Waals surface area contributed by atoms with Crippen LogP contribution in [0.4, 0.5) is 0 Å². The summed E-state index contributed by atoms with van der Waals surface area (Å²) < 4.78 is 11.3. The maximum Gasteiger partial charge on any atom is 0.306 e. The highest BCUT2D eigenvalue weighted by atomic mass is 16.5. The number of rotatable bonds is 9. The van der Waals surface area contributed by atoms with E-state index >= 15 is 0 Å². The molecule has 1 aromatic rings. The molecule has 22 heavy (non-hydrogen) atoms. The van der Waals surface area contributed by atoms with Crippen LogP contribution >= 0.6 is 0 Å². The lowest BCUT2D eigenvalue weighted by Gasteiger charge is -2.18. The number of carboxylic acid groups (broad SMARTS) is 1. The van der Waals surface area contributed by atoms with Crippen molar-refractivity contribution in [1.82, 2.24) is 0 Å². The Morgan fingerprint density at radius 1 is 1.23 bits per heavy atom. The quantitative estimate of drug-likeness (QED) is 0.746. The van der Waals surface area contributed by atoms with Gasteiger partial charge in [0.2, 0.25) is 0 Å². The van der Waals surface area contributed by atoms with Gasteiger partial charge in [0.1, 0.15) is 0 Å². The Bertz CT molecular complexity index is 512. The van der Waals surface area contributed by atoms with E-state index in [1.165, 1.54) is 5.56 Å². The molecule has 1 aliphatic rings. The molecule has 2 rings (SSSR count). The summed E-state index contributed by atoms with van der Waals surface area (Å²) in [6.07, 6.45) is 2.76. The summed E-state index contributed by atoms with van der Waals surface area (Å²) in [6, 6.07) is 6.11. The minimum atomic E-state index is -0.651. The fraction of sp³-hybridized carbons (Fsp3) is 0.611. The fourth-order valence-corrected chi connectivity index (χ4v) is 3.04. The van der Waals surface area contributed by atoms with Gasteiger partial charge in [-0.2, -0.15) is 0 Å². The average molecular weight is 306 g/mol. The maximum absolute atomic E-state index is 11.0. The van der Waals surface area contributed by atoms with Gasteiger partial charge in [0, 0.05) is 0 Å². The predicted octanol–water partition coefficient (Wildman–Crippen LogP) is 4.09. The minimum absolute atomic E-state index is 0.136. The van der Waals surface area contributed by atoms with Crippen LogP contribution < -0.4 is 9.47 Å². The first-order valence-electron chi connectivity index (χ1n) is 8.22. The molecule has 1 N–H and O–H groups in total. The zero-order valence-corrected chi connectivity index (χ0v) is 13.7. The zero-order valence-electron chi connectivity index (χ0n) is 13.7. The number of carboxylic acids is 1. The van der Waals surface area contributed by atoms with Crippen molar-refractivity contribution >= 4 is 5.97 Å². The Morgan fingerprint density at radius 3 is 2.45 bits per heavy atom. The molecule has 1 aromatic carbocycles. The van der Waals surface area contributed by atoms with Gasteiger partial charge in [0.15, 0.2) is 11.5 Å². The Balaban J connectivity index is 2.11. The summed E-state index contributed by atoms with van der Waals surface area (Å²) in [6.45, 7) is 7.28. The largest absolute Gasteiger partial charge is 0.490 e. The van der Waals surface area contributed by atoms with E-state index in [0.717, 1.165) is 30.8 Å². The van der Waals surface area contributed by atoms with Crippen molar-refractivity contribution in [2.24, 2.45) is 11.8 Å². The number of carbonyl (C=O) groups is 1. The van der Waals surface area contributed by atoms with Crippen molar-refractivity contribution < 1.29 is 19.4 Å². The second-order valence-electron chi connectivity index (χ2n) is 5.85. The Hall–Kier alpha value is -1.71. The van der Waals surface area contributed by atoms with Gasteiger partial charge >= 0.3 is 5.97 Å². The number of benzene rings is 1. The molecule has 0 spiro atoms. The predicted molar refractivity (Wildman–Crippen MR) is 85.7 cm³/mol. The number of hydrogen-bond acceptors (Lipinski definition) is 3. The summed E-state index contributed by atoms with van der Waals surface area (Å²) in [5.74, 6) is 1.47. The van der Waals surface area contributed by atoms with Gasteiger partial charge in [0.05, 0.1) is 19.1 Å². The first-order valence-corrected chi connectivity index (χ1v) is 8.22. The van der Waals surface area contributed by atoms with E-state index in [2.05, 4.69) is 19.1 Å². The summed E-state index contributed by atoms with van der Waals surface area (Å²) in [7, 11) is 0. The standard InChI is InChI=1S/C18H26O4/c1-4-12(9-14-10-15(14)18(19)20)13-7-8-16(21-5-2)17(11-13)22-6-3/h7-8,11-12,14-15H,4-6,9-10H2,1-3H3,(H,19,20). The van der Waals surface area contributed by atoms with Crippen LogP contribution in [0.2, 0.25) is 0 Å². The topological polar surface area (TPSA) is 55.8 Å². The normalized spacial score (nSPS) is 21.2. The summed E-state index contributed by atoms with van der Waals surface area (Å²) in [5.41, 5.74) is 1.21. The van der Waals surface area contributed by atoms with Gasteiger partial charge in [-0.15, -0.1) is 0 Å². The summed E-state index contributed by atoms with van der Waals surface area (Å²) in [5, 5.41) is 9.05. The molecule has 0 heterocycles. The van der Waals surface area contributed by atoms with Crippen LogP contribution in [0, 0.1) is 11.8 Å². The minimum Gasteiger partial charge on any atom is -0.490 e. The van der Waals surface area contributed by atoms with Crippen molar-refractivity contribution in [1.29, 1.82) is 0 Å². The molecule has 3 atom stereocenters. The smallest absolute Gasteiger partial charge is 0.306 e. The van der Waals surface area contributed by atoms with Crippen LogP contribution in [-0.2, 0) is 4.79 Å². The van der Waals surface area contributed by atoms with Crippen molar-refractivity contribution in [3.63, 3.8) is 0 Å². The van der Waals surface area contributed by atoms with Crippen LogP contribution in [0.3, 0.4) is 0 Å². The molecule has 1 saturated carbocycles. The number of aliphatic carboxylic acids is 1. The third kappa shape index (κ3) is 3.93. The molecular formula is C18H26O4. The summed E-state index contributed by atoms with van der Waals surface area (Å²) >= 11 is 0. The first-order chi connectivity index (χ1) is 10.6. The Labute approximate surface area is 132 Å². The molecule has 0 radical (unpaired) electrons. The lowest BCUT2D eigenvalue weighted by molar-refractivity contribution is -0.138. The van der Waals surface area contributed by atoms with Gasteiger partial charge in [0.25, 0.3) is 0 Å². The van der Waals surface area contributed by atoms with Crippen LogP contribution in [0.25, 0.3) is 0 Å². The van der Waals surface area contributed by atoms with Crippen LogP contribution in [0.1, 0.15) is 51.5 Å². The third-order valence-electron chi connectivity index (χ3n) is 4.36. The lowest BCUT2D eigenvalue weighted by atomic mass is 9.90. The number of ether oxygens (including phenoxy) is 2. The number of hydrogen-bond donors (Lipinski definition) is 1. The monoisotopic (exact) mass is 306 g/mol. The van der Waals surface area contributed by atoms with Crippen LogP contribution in [0.15, 0.2) is 18.2 Å². The SMILES string of the molecule is CCOc1ccc(C(CC)CC2CC2C(=O)O)cc1OCC. The molecule has 0 saturated heterocycles. The van der Waals surface area contributed by atoms with Crippen LogP contribution in [-0.4, -0.2) is 24.3 Å². The Kier molecular flexibility index (Phi) is 5.69. The molecule has 4 heteroatoms. The van der Waals surface area contributed by atoms with E-state index in [1.807, 2.05) is 19.9 Å². The van der Waals surface area contributed by atoms with Crippen molar-refractivity contribution in [3.8, 4) is 11.5 Å². The average Bonchev–Trinajstić information content (AvgIpc) is 3.27. The summed E-state index contributed by atoms with van der Waals surface area (Å²) in [4.78, 5) is 11.0. The van der Waals surface area contributed by atoms with Crippen LogP contribution in [0.5, 0.6) is 11.5 Å². The second-order valence-corrected chi connectivity index (χ2v) is 5.85. The molecule has 4 nitrogen and oxygen atoms in total. The van der Waals surface area contributed by atoms with Crippen molar-refractivity contribution in [2.45, 2.75) is 46.0 Å². The van der Waals surface area contributed by atoms with E-state index < -0.39 is 5.97 Å². The molecule has 122 valence electrons. The molecular weight excluding hydrogens is 280 g/mol. The lowest BCUT2D eigenvalue weighted by Crippen LogP contribution is -2.05. The highest BCUT2D eigenvalue weighted by molar-refractivity contribution is 5.73. The zero-order chi connectivity index (χ0) is 16.1. The van der Waals surface area contributed by atoms with E-state index in [4.69, 9.17) is 14.6 Å². The van der Waals surface area contributed by atoms with E-state index in [-0.39, 0.29) is 5.92 Å². The second kappa shape index (κ2) is 7.52. The van der Waals surface area contributed by atoms with Gasteiger partial charge in [-0.05, 0) is 62.6 Å². The van der Waals surface area contributed by atoms with Gasteiger partial charge in [-0.3, -0.25) is 4.79 Å². The molecule has 1 aliphatic carbocycles. The fourth-order valence-electron chi connectivity index (χ4n) is 3.04. The molecule has 0 amide bonds. The van der Waals surface area contributed by atoms with Gasteiger partial charge < -0.3 is 14.6 Å². The molecule has 3 unspecified atom stereocenters. The van der Waals surface area contributed by atoms with E-state index in [1.54, 1.807) is 0 Å². The highest BCUT2D eigenvalue weighted by Gasteiger charge is 2.43. The molecule has 0 bridgehead atoms. The molecule has 0 aliphatic heterocycles. The van der Waals surface area contributed by atoms with Crippen molar-refractivity contribution in [3.05, 3.63) is 23.8 Å². The molecule has 0 aromatic heterocycles. The third-order valence-corrected chi connectivity index (χ3v) is 4.36. The molecule has 1 fully saturated rings. The van der Waals surface area contributed by atoms with Gasteiger partial charge in [-0.25, -0.2) is 0 Å². The van der Waals surface area contributed by atoms with E-state index in [9.17, 15) is 4.79 Å². The highest BCUT2D eigenvalue weighted by Crippen LogP contribution is 2.46. The van der Waals surface area contributed by atoms with Gasteiger partial charge in [-0.1, -0.05) is 13.0 Å².